The molecule has 0 radical (unpaired) electrons. The molecule has 0 aliphatic carbocycles. The van der Waals surface area contributed by atoms with Gasteiger partial charge in [-0.1, -0.05) is 11.6 Å². The first-order valence-electron chi connectivity index (χ1n) is 7.40. The first kappa shape index (κ1) is 20.0. The molecule has 0 fully saturated rings. The van der Waals surface area contributed by atoms with Gasteiger partial charge in [-0.3, -0.25) is 5.32 Å². The van der Waals surface area contributed by atoms with Crippen LogP contribution in [0.25, 0.3) is 11.1 Å². The first-order chi connectivity index (χ1) is 11.9. The third kappa shape index (κ3) is 4.85. The summed E-state index contributed by atoms with van der Waals surface area (Å²) in [5.74, 6) is -1.00. The van der Waals surface area contributed by atoms with Crippen LogP contribution in [-0.4, -0.2) is 16.7 Å². The fourth-order valence-corrected chi connectivity index (χ4v) is 2.41. The van der Waals surface area contributed by atoms with Crippen LogP contribution in [0.4, 0.5) is 28.0 Å². The zero-order valence-corrected chi connectivity index (χ0v) is 14.8. The van der Waals surface area contributed by atoms with E-state index in [2.05, 4.69) is 10.3 Å². The minimum absolute atomic E-state index is 0.0223. The Morgan fingerprint density at radius 3 is 2.38 bits per heavy atom. The number of alkyl halides is 3. The van der Waals surface area contributed by atoms with Gasteiger partial charge in [0.05, 0.1) is 5.56 Å². The van der Waals surface area contributed by atoms with E-state index < -0.39 is 40.0 Å². The summed E-state index contributed by atoms with van der Waals surface area (Å²) in [7, 11) is 0. The lowest BCUT2D eigenvalue weighted by molar-refractivity contribution is -0.137. The second kappa shape index (κ2) is 7.11. The summed E-state index contributed by atoms with van der Waals surface area (Å²) in [6.07, 6.45) is -4.66. The van der Waals surface area contributed by atoms with Crippen LogP contribution in [0.3, 0.4) is 0 Å². The maximum atomic E-state index is 14.4. The van der Waals surface area contributed by atoms with Crippen molar-refractivity contribution >= 4 is 23.4 Å². The molecule has 1 aromatic carbocycles. The van der Waals surface area contributed by atoms with Crippen LogP contribution in [0.1, 0.15) is 26.3 Å². The van der Waals surface area contributed by atoms with E-state index in [-0.39, 0.29) is 11.3 Å². The molecule has 0 unspecified atom stereocenters. The number of carbonyl (C=O) groups is 1. The second-order valence-electron chi connectivity index (χ2n) is 6.34. The van der Waals surface area contributed by atoms with Crippen molar-refractivity contribution in [1.82, 2.24) is 4.98 Å². The molecule has 140 valence electrons. The van der Waals surface area contributed by atoms with Crippen LogP contribution in [0.15, 0.2) is 30.5 Å². The van der Waals surface area contributed by atoms with E-state index in [1.165, 1.54) is 6.07 Å². The highest BCUT2D eigenvalue weighted by Gasteiger charge is 2.35. The predicted octanol–water partition coefficient (Wildman–Crippen LogP) is 5.91. The van der Waals surface area contributed by atoms with E-state index in [1.54, 1.807) is 20.8 Å². The van der Waals surface area contributed by atoms with Crippen LogP contribution in [-0.2, 0) is 10.9 Å². The Kier molecular flexibility index (Phi) is 5.46. The van der Waals surface area contributed by atoms with Crippen LogP contribution in [0.2, 0.25) is 5.15 Å². The van der Waals surface area contributed by atoms with E-state index in [0.29, 0.717) is 6.07 Å². The molecule has 0 bridgehead atoms. The molecular formula is C17H15ClF4N2O2. The highest BCUT2D eigenvalue weighted by molar-refractivity contribution is 6.32. The Morgan fingerprint density at radius 2 is 1.85 bits per heavy atom. The standard InChI is InChI=1S/C17H15ClF4N2O2/c1-16(2,3)26-15(25)24-9-4-5-10(12(19)8-9)13-11(17(20,21)22)6-7-23-14(13)18/h4-8H,1-3H3,(H,24,25). The van der Waals surface area contributed by atoms with Gasteiger partial charge in [-0.2, -0.15) is 13.2 Å². The number of amides is 1. The molecule has 9 heteroatoms. The van der Waals surface area contributed by atoms with Crippen molar-refractivity contribution in [3.05, 3.63) is 47.0 Å². The zero-order chi connectivity index (χ0) is 19.7. The average Bonchev–Trinajstić information content (AvgIpc) is 2.45. The van der Waals surface area contributed by atoms with Crippen molar-refractivity contribution in [2.75, 3.05) is 5.32 Å². The maximum absolute atomic E-state index is 14.4. The number of ether oxygens (including phenoxy) is 1. The van der Waals surface area contributed by atoms with Gasteiger partial charge >= 0.3 is 12.3 Å². The van der Waals surface area contributed by atoms with Crippen molar-refractivity contribution in [2.45, 2.75) is 32.5 Å². The normalized spacial score (nSPS) is 12.0. The second-order valence-corrected chi connectivity index (χ2v) is 6.70. The van der Waals surface area contributed by atoms with Gasteiger partial charge in [-0.25, -0.2) is 14.2 Å². The van der Waals surface area contributed by atoms with Crippen molar-refractivity contribution in [2.24, 2.45) is 0 Å². The molecule has 1 amide bonds. The topological polar surface area (TPSA) is 51.2 Å². The van der Waals surface area contributed by atoms with Crippen LogP contribution < -0.4 is 5.32 Å². The van der Waals surface area contributed by atoms with Gasteiger partial charge in [0.1, 0.15) is 16.6 Å². The number of carbonyl (C=O) groups excluding carboxylic acids is 1. The molecule has 2 rings (SSSR count). The molecule has 1 heterocycles. The number of rotatable bonds is 2. The molecule has 0 spiro atoms. The number of pyridine rings is 1. The number of hydrogen-bond acceptors (Lipinski definition) is 3. The monoisotopic (exact) mass is 390 g/mol. The minimum atomic E-state index is -4.73. The number of hydrogen-bond donors (Lipinski definition) is 1. The SMILES string of the molecule is CC(C)(C)OC(=O)Nc1ccc(-c2c(C(F)(F)F)ccnc2Cl)c(F)c1. The van der Waals surface area contributed by atoms with E-state index >= 15 is 0 Å². The number of halogens is 5. The van der Waals surface area contributed by atoms with Crippen LogP contribution >= 0.6 is 11.6 Å². The minimum Gasteiger partial charge on any atom is -0.444 e. The number of aromatic nitrogens is 1. The molecule has 1 aromatic heterocycles. The van der Waals surface area contributed by atoms with Gasteiger partial charge in [-0.15, -0.1) is 0 Å². The summed E-state index contributed by atoms with van der Waals surface area (Å²) < 4.78 is 59.0. The summed E-state index contributed by atoms with van der Waals surface area (Å²) in [4.78, 5) is 15.3. The Balaban J connectivity index is 2.39. The molecule has 0 atom stereocenters. The summed E-state index contributed by atoms with van der Waals surface area (Å²) in [5.41, 5.74) is -2.79. The fraction of sp³-hybridized carbons (Fsp3) is 0.294. The quantitative estimate of drug-likeness (QED) is 0.512. The Hall–Kier alpha value is -2.35. The highest BCUT2D eigenvalue weighted by Crippen LogP contribution is 2.41. The molecule has 2 aromatic rings. The third-order valence-electron chi connectivity index (χ3n) is 3.09. The molecule has 1 N–H and O–H groups in total. The van der Waals surface area contributed by atoms with Crippen molar-refractivity contribution in [1.29, 1.82) is 0 Å². The molecule has 4 nitrogen and oxygen atoms in total. The van der Waals surface area contributed by atoms with Gasteiger partial charge in [0.15, 0.2) is 0 Å². The predicted molar refractivity (Wildman–Crippen MR) is 89.5 cm³/mol. The largest absolute Gasteiger partial charge is 0.444 e. The van der Waals surface area contributed by atoms with Gasteiger partial charge in [0.2, 0.25) is 0 Å². The molecular weight excluding hydrogens is 376 g/mol. The van der Waals surface area contributed by atoms with Gasteiger partial charge in [-0.05, 0) is 45.0 Å². The number of benzene rings is 1. The number of anilines is 1. The molecule has 26 heavy (non-hydrogen) atoms. The smallest absolute Gasteiger partial charge is 0.417 e. The molecule has 0 saturated heterocycles. The molecule has 0 aliphatic rings. The van der Waals surface area contributed by atoms with Gasteiger partial charge < -0.3 is 4.74 Å². The van der Waals surface area contributed by atoms with Gasteiger partial charge in [0, 0.05) is 23.0 Å². The van der Waals surface area contributed by atoms with E-state index in [9.17, 15) is 22.4 Å². The Morgan fingerprint density at radius 1 is 1.19 bits per heavy atom. The lowest BCUT2D eigenvalue weighted by Gasteiger charge is -2.20. The summed E-state index contributed by atoms with van der Waals surface area (Å²) >= 11 is 5.77. The average molecular weight is 391 g/mol. The van der Waals surface area contributed by atoms with Crippen molar-refractivity contribution in [3.63, 3.8) is 0 Å². The fourth-order valence-electron chi connectivity index (χ4n) is 2.15. The molecule has 0 aliphatic heterocycles. The van der Waals surface area contributed by atoms with Crippen LogP contribution in [0.5, 0.6) is 0 Å². The van der Waals surface area contributed by atoms with Crippen molar-refractivity contribution in [3.8, 4) is 11.1 Å². The Bertz CT molecular complexity index is 832. The number of nitrogens with one attached hydrogen (secondary N) is 1. The summed E-state index contributed by atoms with van der Waals surface area (Å²) in [6, 6.07) is 3.92. The highest BCUT2D eigenvalue weighted by atomic mass is 35.5. The third-order valence-corrected chi connectivity index (χ3v) is 3.38. The van der Waals surface area contributed by atoms with Gasteiger partial charge in [0.25, 0.3) is 0 Å². The number of nitrogens with zero attached hydrogens (tertiary/aromatic N) is 1. The van der Waals surface area contributed by atoms with E-state index in [4.69, 9.17) is 16.3 Å². The summed E-state index contributed by atoms with van der Waals surface area (Å²) in [6.45, 7) is 4.96. The van der Waals surface area contributed by atoms with E-state index in [1.807, 2.05) is 0 Å². The lowest BCUT2D eigenvalue weighted by Crippen LogP contribution is -2.27. The maximum Gasteiger partial charge on any atom is 0.417 e. The summed E-state index contributed by atoms with van der Waals surface area (Å²) in [5, 5.41) is 1.83. The van der Waals surface area contributed by atoms with Crippen molar-refractivity contribution < 1.29 is 27.1 Å². The van der Waals surface area contributed by atoms with E-state index in [0.717, 1.165) is 18.3 Å². The molecule has 0 saturated carbocycles. The van der Waals surface area contributed by atoms with Crippen LogP contribution in [0, 0.1) is 5.82 Å². The Labute approximate surface area is 152 Å². The zero-order valence-electron chi connectivity index (χ0n) is 14.0. The first-order valence-corrected chi connectivity index (χ1v) is 7.78. The lowest BCUT2D eigenvalue weighted by atomic mass is 10.0.